The zero-order chi connectivity index (χ0) is 18.9. The Balaban J connectivity index is 1.85. The third-order valence-corrected chi connectivity index (χ3v) is 5.09. The summed E-state index contributed by atoms with van der Waals surface area (Å²) < 4.78 is 84.4. The molecular formula is C17H12F4O4S. The maximum absolute atomic E-state index is 13.2. The highest BCUT2D eigenvalue weighted by Crippen LogP contribution is 2.31. The summed E-state index contributed by atoms with van der Waals surface area (Å²) in [6, 6.07) is 6.57. The van der Waals surface area contributed by atoms with Crippen LogP contribution in [0.25, 0.3) is 6.08 Å². The molecule has 0 aliphatic heterocycles. The van der Waals surface area contributed by atoms with E-state index in [0.717, 1.165) is 12.1 Å². The highest BCUT2D eigenvalue weighted by atomic mass is 32.2. The SMILES string of the molecule is O=S(=O)(Oc1ccc(F)c(F)c1)C1=Cc2ccc(OC(F)F)cc2CC1. The molecule has 2 aromatic carbocycles. The van der Waals surface area contributed by atoms with Crippen molar-refractivity contribution in [2.24, 2.45) is 0 Å². The average molecular weight is 388 g/mol. The van der Waals surface area contributed by atoms with Crippen molar-refractivity contribution in [1.82, 2.24) is 0 Å². The molecule has 0 heterocycles. The lowest BCUT2D eigenvalue weighted by molar-refractivity contribution is -0.0498. The zero-order valence-corrected chi connectivity index (χ0v) is 13.9. The molecule has 9 heteroatoms. The predicted molar refractivity (Wildman–Crippen MR) is 85.3 cm³/mol. The fourth-order valence-corrected chi connectivity index (χ4v) is 3.61. The number of benzene rings is 2. The molecule has 0 radical (unpaired) electrons. The van der Waals surface area contributed by atoms with E-state index in [-0.39, 0.29) is 29.2 Å². The largest absolute Gasteiger partial charge is 0.435 e. The van der Waals surface area contributed by atoms with Gasteiger partial charge in [-0.05, 0) is 54.3 Å². The summed E-state index contributed by atoms with van der Waals surface area (Å²) in [4.78, 5) is -0.0581. The summed E-state index contributed by atoms with van der Waals surface area (Å²) in [5.74, 6) is -2.72. The summed E-state index contributed by atoms with van der Waals surface area (Å²) in [5.41, 5.74) is 1.17. The van der Waals surface area contributed by atoms with E-state index in [1.54, 1.807) is 0 Å². The molecule has 0 spiro atoms. The predicted octanol–water partition coefficient (Wildman–Crippen LogP) is 4.26. The third kappa shape index (κ3) is 3.98. The van der Waals surface area contributed by atoms with Crippen molar-refractivity contribution in [2.75, 3.05) is 0 Å². The third-order valence-electron chi connectivity index (χ3n) is 3.71. The minimum atomic E-state index is -4.22. The number of hydrogen-bond acceptors (Lipinski definition) is 4. The Morgan fingerprint density at radius 2 is 1.65 bits per heavy atom. The Morgan fingerprint density at radius 1 is 0.923 bits per heavy atom. The molecule has 0 aromatic heterocycles. The molecule has 1 aliphatic carbocycles. The molecule has 0 bridgehead atoms. The molecule has 0 fully saturated rings. The maximum atomic E-state index is 13.2. The summed E-state index contributed by atoms with van der Waals surface area (Å²) in [6.07, 6.45) is 1.68. The first-order valence-corrected chi connectivity index (χ1v) is 8.83. The van der Waals surface area contributed by atoms with E-state index in [0.29, 0.717) is 17.2 Å². The number of aryl methyl sites for hydroxylation is 1. The number of halogens is 4. The van der Waals surface area contributed by atoms with Gasteiger partial charge in [-0.25, -0.2) is 8.78 Å². The molecule has 0 amide bonds. The van der Waals surface area contributed by atoms with Gasteiger partial charge < -0.3 is 8.92 Å². The van der Waals surface area contributed by atoms with Crippen molar-refractivity contribution in [3.8, 4) is 11.5 Å². The average Bonchev–Trinajstić information content (AvgIpc) is 2.57. The van der Waals surface area contributed by atoms with Crippen LogP contribution in [0.1, 0.15) is 17.5 Å². The molecule has 0 N–H and O–H groups in total. The van der Waals surface area contributed by atoms with Gasteiger partial charge in [0.05, 0.1) is 4.91 Å². The summed E-state index contributed by atoms with van der Waals surface area (Å²) >= 11 is 0. The van der Waals surface area contributed by atoms with Crippen molar-refractivity contribution in [2.45, 2.75) is 19.5 Å². The highest BCUT2D eigenvalue weighted by molar-refractivity contribution is 7.91. The van der Waals surface area contributed by atoms with Gasteiger partial charge in [-0.15, -0.1) is 0 Å². The van der Waals surface area contributed by atoms with Gasteiger partial charge in [-0.1, -0.05) is 6.07 Å². The van der Waals surface area contributed by atoms with Gasteiger partial charge in [-0.2, -0.15) is 17.2 Å². The monoisotopic (exact) mass is 388 g/mol. The molecule has 0 saturated carbocycles. The van der Waals surface area contributed by atoms with Gasteiger partial charge in [-0.3, -0.25) is 0 Å². The second-order valence-corrected chi connectivity index (χ2v) is 7.06. The minimum Gasteiger partial charge on any atom is -0.435 e. The van der Waals surface area contributed by atoms with Crippen LogP contribution in [0.15, 0.2) is 41.3 Å². The van der Waals surface area contributed by atoms with E-state index in [1.165, 1.54) is 24.3 Å². The number of allylic oxidation sites excluding steroid dienone is 1. The highest BCUT2D eigenvalue weighted by Gasteiger charge is 2.24. The van der Waals surface area contributed by atoms with Crippen LogP contribution < -0.4 is 8.92 Å². The van der Waals surface area contributed by atoms with E-state index in [4.69, 9.17) is 4.18 Å². The first kappa shape index (κ1) is 18.2. The van der Waals surface area contributed by atoms with Crippen LogP contribution in [0.2, 0.25) is 0 Å². The van der Waals surface area contributed by atoms with Crippen molar-refractivity contribution >= 4 is 16.2 Å². The molecule has 2 aromatic rings. The van der Waals surface area contributed by atoms with Crippen molar-refractivity contribution in [1.29, 1.82) is 0 Å². The summed E-state index contributed by atoms with van der Waals surface area (Å²) in [5, 5.41) is 0. The Hall–Kier alpha value is -2.55. The van der Waals surface area contributed by atoms with Gasteiger partial charge in [0.15, 0.2) is 11.6 Å². The molecule has 0 atom stereocenters. The van der Waals surface area contributed by atoms with E-state index < -0.39 is 28.4 Å². The zero-order valence-electron chi connectivity index (χ0n) is 13.1. The van der Waals surface area contributed by atoms with Crippen molar-refractivity contribution in [3.63, 3.8) is 0 Å². The van der Waals surface area contributed by atoms with Crippen molar-refractivity contribution < 1.29 is 34.9 Å². The number of hydrogen-bond donors (Lipinski definition) is 0. The van der Waals surface area contributed by atoms with Crippen LogP contribution >= 0.6 is 0 Å². The van der Waals surface area contributed by atoms with Crippen LogP contribution in [0.3, 0.4) is 0 Å². The number of ether oxygens (including phenoxy) is 1. The lowest BCUT2D eigenvalue weighted by atomic mass is 9.97. The minimum absolute atomic E-state index is 0.0171. The maximum Gasteiger partial charge on any atom is 0.387 e. The van der Waals surface area contributed by atoms with Crippen molar-refractivity contribution in [3.05, 3.63) is 64.1 Å². The van der Waals surface area contributed by atoms with Crippen LogP contribution in [-0.2, 0) is 16.5 Å². The number of rotatable bonds is 5. The van der Waals surface area contributed by atoms with E-state index in [9.17, 15) is 26.0 Å². The Kier molecular flexibility index (Phi) is 4.90. The Labute approximate surface area is 146 Å². The first-order chi connectivity index (χ1) is 12.2. The topological polar surface area (TPSA) is 52.6 Å². The molecule has 3 rings (SSSR count). The van der Waals surface area contributed by atoms with Gasteiger partial charge >= 0.3 is 16.7 Å². The molecule has 0 unspecified atom stereocenters. The fourth-order valence-electron chi connectivity index (χ4n) is 2.53. The lowest BCUT2D eigenvalue weighted by Crippen LogP contribution is -2.15. The number of fused-ring (bicyclic) bond motifs is 1. The summed E-state index contributed by atoms with van der Waals surface area (Å²) in [6.45, 7) is -2.95. The molecule has 26 heavy (non-hydrogen) atoms. The number of alkyl halides is 2. The smallest absolute Gasteiger partial charge is 0.387 e. The lowest BCUT2D eigenvalue weighted by Gasteiger charge is -2.18. The first-order valence-electron chi connectivity index (χ1n) is 7.42. The fraction of sp³-hybridized carbons (Fsp3) is 0.176. The van der Waals surface area contributed by atoms with E-state index >= 15 is 0 Å². The van der Waals surface area contributed by atoms with Crippen LogP contribution in [-0.4, -0.2) is 15.0 Å². The second kappa shape index (κ2) is 6.99. The Bertz CT molecular complexity index is 971. The quantitative estimate of drug-likeness (QED) is 0.567. The van der Waals surface area contributed by atoms with E-state index in [2.05, 4.69) is 4.74 Å². The molecule has 0 saturated heterocycles. The second-order valence-electron chi connectivity index (χ2n) is 5.46. The Morgan fingerprint density at radius 3 is 2.35 bits per heavy atom. The van der Waals surface area contributed by atoms with E-state index in [1.807, 2.05) is 0 Å². The van der Waals surface area contributed by atoms with Crippen LogP contribution in [0, 0.1) is 11.6 Å². The van der Waals surface area contributed by atoms with Gasteiger partial charge in [0.25, 0.3) is 0 Å². The van der Waals surface area contributed by atoms with Gasteiger partial charge in [0.2, 0.25) is 0 Å². The standard InChI is InChI=1S/C17H12F4O4S/c18-15-6-4-13(9-16(15)19)25-26(22,23)14-5-2-10-7-12(24-17(20)21)3-1-11(10)8-14/h1,3-4,6-9,17H,2,5H2. The normalized spacial score (nSPS) is 14.0. The molecule has 138 valence electrons. The van der Waals surface area contributed by atoms with Crippen LogP contribution in [0.5, 0.6) is 11.5 Å². The molecule has 4 nitrogen and oxygen atoms in total. The molecule has 1 aliphatic rings. The van der Waals surface area contributed by atoms with Gasteiger partial charge in [0, 0.05) is 6.07 Å². The van der Waals surface area contributed by atoms with Gasteiger partial charge in [0.1, 0.15) is 11.5 Å². The summed E-state index contributed by atoms with van der Waals surface area (Å²) in [7, 11) is -4.22. The molecular weight excluding hydrogens is 376 g/mol. The van der Waals surface area contributed by atoms with Crippen LogP contribution in [0.4, 0.5) is 17.6 Å².